The Morgan fingerprint density at radius 1 is 0.971 bits per heavy atom. The minimum absolute atomic E-state index is 0.158. The Balaban J connectivity index is 1.14. The first-order chi connectivity index (χ1) is 17.1. The molecule has 2 aromatic carbocycles. The lowest BCUT2D eigenvalue weighted by Gasteiger charge is -2.55. The molecule has 4 bridgehead atoms. The van der Waals surface area contributed by atoms with E-state index < -0.39 is 0 Å². The molecule has 4 aliphatic carbocycles. The van der Waals surface area contributed by atoms with Crippen molar-refractivity contribution in [1.82, 2.24) is 10.2 Å². The highest BCUT2D eigenvalue weighted by molar-refractivity contribution is 5.99. The zero-order valence-electron chi connectivity index (χ0n) is 20.4. The summed E-state index contributed by atoms with van der Waals surface area (Å²) in [6.07, 6.45) is 7.27. The highest BCUT2D eigenvalue weighted by Crippen LogP contribution is 2.60. The van der Waals surface area contributed by atoms with Crippen LogP contribution in [0.3, 0.4) is 0 Å². The summed E-state index contributed by atoms with van der Waals surface area (Å²) in [6.45, 7) is 5.22. The van der Waals surface area contributed by atoms with Gasteiger partial charge in [-0.1, -0.05) is 24.3 Å². The van der Waals surface area contributed by atoms with E-state index in [1.165, 1.54) is 24.8 Å². The molecule has 0 unspecified atom stereocenters. The maximum atomic E-state index is 13.7. The van der Waals surface area contributed by atoms with Crippen LogP contribution in [0.4, 0.5) is 5.69 Å². The van der Waals surface area contributed by atoms with Gasteiger partial charge in [-0.2, -0.15) is 0 Å². The van der Waals surface area contributed by atoms with Gasteiger partial charge < -0.3 is 15.1 Å². The normalized spacial score (nSPS) is 30.1. The molecule has 5 heteroatoms. The van der Waals surface area contributed by atoms with E-state index in [1.54, 1.807) is 0 Å². The van der Waals surface area contributed by atoms with Crippen molar-refractivity contribution in [2.75, 3.05) is 31.5 Å². The highest BCUT2D eigenvalue weighted by Gasteiger charge is 2.54. The highest BCUT2D eigenvalue weighted by atomic mass is 16.3. The summed E-state index contributed by atoms with van der Waals surface area (Å²) < 4.78 is 6.37. The third-order valence-corrected chi connectivity index (χ3v) is 9.16. The molecule has 1 amide bonds. The van der Waals surface area contributed by atoms with Crippen molar-refractivity contribution in [2.24, 2.45) is 23.2 Å². The number of carbonyl (C=O) groups is 1. The van der Waals surface area contributed by atoms with Crippen LogP contribution in [0.5, 0.6) is 0 Å². The molecule has 1 saturated heterocycles. The molecule has 8 rings (SSSR count). The second-order valence-corrected chi connectivity index (χ2v) is 11.7. The maximum Gasteiger partial charge on any atom is 0.230 e. The Morgan fingerprint density at radius 2 is 1.69 bits per heavy atom. The summed E-state index contributed by atoms with van der Waals surface area (Å²) in [4.78, 5) is 16.2. The van der Waals surface area contributed by atoms with Gasteiger partial charge in [0.25, 0.3) is 0 Å². The number of hydrogen-bond donors (Lipinski definition) is 2. The average Bonchev–Trinajstić information content (AvgIpc) is 3.27. The van der Waals surface area contributed by atoms with Gasteiger partial charge in [-0.05, 0) is 86.1 Å². The van der Waals surface area contributed by atoms with Crippen LogP contribution < -0.4 is 10.6 Å². The van der Waals surface area contributed by atoms with Gasteiger partial charge >= 0.3 is 0 Å². The summed E-state index contributed by atoms with van der Waals surface area (Å²) in [5, 5.41) is 7.88. The first kappa shape index (κ1) is 21.6. The van der Waals surface area contributed by atoms with Crippen LogP contribution in [0.15, 0.2) is 52.9 Å². The number of nitrogens with zero attached hydrogens (tertiary/aromatic N) is 1. The molecule has 5 fully saturated rings. The molecule has 3 aromatic rings. The Hall–Kier alpha value is -2.63. The number of rotatable bonds is 5. The third-order valence-electron chi connectivity index (χ3n) is 9.16. The van der Waals surface area contributed by atoms with Gasteiger partial charge in [0.05, 0.1) is 11.1 Å². The molecule has 1 aliphatic heterocycles. The van der Waals surface area contributed by atoms with Crippen LogP contribution in [-0.2, 0) is 11.3 Å². The Kier molecular flexibility index (Phi) is 5.25. The lowest BCUT2D eigenvalue weighted by atomic mass is 9.49. The maximum absolute atomic E-state index is 13.7. The van der Waals surface area contributed by atoms with Crippen LogP contribution in [0.1, 0.15) is 44.1 Å². The number of benzene rings is 2. The van der Waals surface area contributed by atoms with E-state index in [0.29, 0.717) is 0 Å². The molecule has 1 aromatic heterocycles. The van der Waals surface area contributed by atoms with Gasteiger partial charge in [-0.3, -0.25) is 9.69 Å². The predicted octanol–water partition coefficient (Wildman–Crippen LogP) is 5.66. The van der Waals surface area contributed by atoms with Crippen LogP contribution >= 0.6 is 0 Å². The van der Waals surface area contributed by atoms with Crippen molar-refractivity contribution < 1.29 is 9.21 Å². The molecule has 5 aliphatic rings. The van der Waals surface area contributed by atoms with Crippen molar-refractivity contribution in [2.45, 2.75) is 45.1 Å². The predicted molar refractivity (Wildman–Crippen MR) is 139 cm³/mol. The topological polar surface area (TPSA) is 57.5 Å². The lowest BCUT2D eigenvalue weighted by molar-refractivity contribution is -0.140. The average molecular weight is 470 g/mol. The lowest BCUT2D eigenvalue weighted by Crippen LogP contribution is -2.51. The quantitative estimate of drug-likeness (QED) is 0.506. The van der Waals surface area contributed by atoms with Gasteiger partial charge in [0.2, 0.25) is 5.91 Å². The van der Waals surface area contributed by atoms with Crippen molar-refractivity contribution in [3.8, 4) is 11.3 Å². The third kappa shape index (κ3) is 3.99. The van der Waals surface area contributed by atoms with Crippen molar-refractivity contribution >= 4 is 22.6 Å². The molecule has 2 heterocycles. The van der Waals surface area contributed by atoms with E-state index in [0.717, 1.165) is 97.7 Å². The number of piperazine rings is 1. The number of nitrogens with one attached hydrogen (secondary N) is 2. The van der Waals surface area contributed by atoms with Gasteiger partial charge in [0.15, 0.2) is 0 Å². The van der Waals surface area contributed by atoms with Crippen LogP contribution in [-0.4, -0.2) is 37.0 Å². The minimum Gasteiger partial charge on any atom is -0.456 e. The summed E-state index contributed by atoms with van der Waals surface area (Å²) in [6, 6.07) is 16.8. The van der Waals surface area contributed by atoms with E-state index in [2.05, 4.69) is 45.9 Å². The van der Waals surface area contributed by atoms with Crippen LogP contribution in [0.25, 0.3) is 22.3 Å². The number of para-hydroxylation sites is 1. The summed E-state index contributed by atoms with van der Waals surface area (Å²) >= 11 is 0. The van der Waals surface area contributed by atoms with E-state index in [1.807, 2.05) is 18.2 Å². The monoisotopic (exact) mass is 469 g/mol. The fraction of sp³-hybridized carbons (Fsp3) is 0.500. The Labute approximate surface area is 207 Å². The molecule has 5 nitrogen and oxygen atoms in total. The number of anilines is 1. The molecule has 4 saturated carbocycles. The molecule has 0 radical (unpaired) electrons. The minimum atomic E-state index is -0.158. The van der Waals surface area contributed by atoms with E-state index in [-0.39, 0.29) is 11.3 Å². The molecule has 182 valence electrons. The molecular weight excluding hydrogens is 434 g/mol. The van der Waals surface area contributed by atoms with E-state index in [4.69, 9.17) is 4.42 Å². The standard InChI is InChI=1S/C30H35N3O2/c34-29(30-16-21-11-22(17-30)13-23(12-21)18-30)32-26-4-2-1-3-25(26)28-15-24-6-5-20(14-27(24)35-28)19-33-9-7-31-8-10-33/h1-6,14-15,21-23,31H,7-13,16-19H2,(H,32,34). The fourth-order valence-electron chi connectivity index (χ4n) is 7.88. The number of amides is 1. The summed E-state index contributed by atoms with van der Waals surface area (Å²) in [5.41, 5.74) is 3.87. The molecular formula is C30H35N3O2. The number of furan rings is 1. The van der Waals surface area contributed by atoms with Gasteiger partial charge in [0.1, 0.15) is 11.3 Å². The number of hydrogen-bond acceptors (Lipinski definition) is 4. The first-order valence-corrected chi connectivity index (χ1v) is 13.5. The molecule has 2 N–H and O–H groups in total. The van der Waals surface area contributed by atoms with Crippen LogP contribution in [0.2, 0.25) is 0 Å². The fourth-order valence-corrected chi connectivity index (χ4v) is 7.88. The Morgan fingerprint density at radius 3 is 2.43 bits per heavy atom. The smallest absolute Gasteiger partial charge is 0.230 e. The SMILES string of the molecule is O=C(Nc1ccccc1-c1cc2ccc(CN3CCNCC3)cc2o1)C12CC3CC(CC(C3)C1)C2. The van der Waals surface area contributed by atoms with Crippen molar-refractivity contribution in [3.05, 3.63) is 54.1 Å². The first-order valence-electron chi connectivity index (χ1n) is 13.5. The number of carbonyl (C=O) groups excluding carboxylic acids is 1. The van der Waals surface area contributed by atoms with Gasteiger partial charge in [-0.25, -0.2) is 0 Å². The van der Waals surface area contributed by atoms with Gasteiger partial charge in [0, 0.05) is 43.7 Å². The second-order valence-electron chi connectivity index (χ2n) is 11.7. The van der Waals surface area contributed by atoms with Crippen molar-refractivity contribution in [3.63, 3.8) is 0 Å². The van der Waals surface area contributed by atoms with Gasteiger partial charge in [-0.15, -0.1) is 0 Å². The molecule has 0 atom stereocenters. The zero-order chi connectivity index (χ0) is 23.4. The second kappa shape index (κ2) is 8.49. The number of fused-ring (bicyclic) bond motifs is 1. The van der Waals surface area contributed by atoms with E-state index in [9.17, 15) is 4.79 Å². The molecule has 0 spiro atoms. The Bertz CT molecular complexity index is 1220. The van der Waals surface area contributed by atoms with E-state index >= 15 is 0 Å². The largest absolute Gasteiger partial charge is 0.456 e. The summed E-state index contributed by atoms with van der Waals surface area (Å²) in [7, 11) is 0. The van der Waals surface area contributed by atoms with Crippen molar-refractivity contribution in [1.29, 1.82) is 0 Å². The zero-order valence-corrected chi connectivity index (χ0v) is 20.4. The molecule has 35 heavy (non-hydrogen) atoms. The summed E-state index contributed by atoms with van der Waals surface area (Å²) in [5.74, 6) is 3.33. The van der Waals surface area contributed by atoms with Crippen LogP contribution in [0, 0.1) is 23.2 Å².